The fourth-order valence-electron chi connectivity index (χ4n) is 3.94. The van der Waals surface area contributed by atoms with Crippen molar-refractivity contribution in [2.75, 3.05) is 20.1 Å². The van der Waals surface area contributed by atoms with E-state index < -0.39 is 0 Å². The molecule has 0 amide bonds. The molecule has 2 aliphatic carbocycles. The van der Waals surface area contributed by atoms with Crippen molar-refractivity contribution in [1.29, 1.82) is 5.26 Å². The summed E-state index contributed by atoms with van der Waals surface area (Å²) < 4.78 is 0. The fraction of sp³-hybridized carbons (Fsp3) is 0.938. The maximum absolute atomic E-state index is 9.00. The monoisotopic (exact) mass is 248 g/mol. The summed E-state index contributed by atoms with van der Waals surface area (Å²) in [5, 5.41) is 9.00. The Balaban J connectivity index is 1.64. The molecule has 2 bridgehead atoms. The summed E-state index contributed by atoms with van der Waals surface area (Å²) in [5.41, 5.74) is -0.146. The fourth-order valence-corrected chi connectivity index (χ4v) is 3.94. The third-order valence-corrected chi connectivity index (χ3v) is 5.07. The van der Waals surface area contributed by atoms with Crippen molar-refractivity contribution in [3.63, 3.8) is 0 Å². The zero-order valence-electron chi connectivity index (χ0n) is 12.3. The van der Waals surface area contributed by atoms with Gasteiger partial charge in [-0.25, -0.2) is 0 Å². The van der Waals surface area contributed by atoms with Crippen LogP contribution in [0.15, 0.2) is 0 Å². The molecule has 2 fully saturated rings. The van der Waals surface area contributed by atoms with Crippen LogP contribution in [0.3, 0.4) is 0 Å². The largest absolute Gasteiger partial charge is 0.306 e. The molecule has 0 spiro atoms. The van der Waals surface area contributed by atoms with E-state index >= 15 is 0 Å². The standard InChI is InChI=1S/C16H28N2/c1-16(2,12-17)7-4-8-18(3)11-15-10-13-5-6-14(15)9-13/h13-15H,4-11H2,1-3H3. The Labute approximate surface area is 112 Å². The van der Waals surface area contributed by atoms with Gasteiger partial charge in [0.25, 0.3) is 0 Å². The SMILES string of the molecule is CN(CCCC(C)(C)C#N)CC1CC2CCC1C2. The molecule has 0 N–H and O–H groups in total. The molecule has 2 rings (SSSR count). The van der Waals surface area contributed by atoms with Crippen LogP contribution in [0.1, 0.15) is 52.4 Å². The van der Waals surface area contributed by atoms with Crippen molar-refractivity contribution in [2.45, 2.75) is 52.4 Å². The Hall–Kier alpha value is -0.550. The zero-order chi connectivity index (χ0) is 13.2. The Morgan fingerprint density at radius 2 is 2.06 bits per heavy atom. The smallest absolute Gasteiger partial charge is 0.0683 e. The summed E-state index contributed by atoms with van der Waals surface area (Å²) in [5.74, 6) is 3.07. The number of hydrogen-bond donors (Lipinski definition) is 0. The lowest BCUT2D eigenvalue weighted by molar-refractivity contribution is 0.212. The molecule has 0 radical (unpaired) electrons. The Morgan fingerprint density at radius 3 is 2.61 bits per heavy atom. The van der Waals surface area contributed by atoms with Gasteiger partial charge in [-0.05, 0) is 77.3 Å². The molecule has 0 heterocycles. The minimum atomic E-state index is -0.146. The van der Waals surface area contributed by atoms with Gasteiger partial charge in [-0.1, -0.05) is 6.42 Å². The first-order valence-electron chi connectivity index (χ1n) is 7.60. The van der Waals surface area contributed by atoms with E-state index in [4.69, 9.17) is 5.26 Å². The maximum Gasteiger partial charge on any atom is 0.0683 e. The van der Waals surface area contributed by atoms with Crippen molar-refractivity contribution in [3.8, 4) is 6.07 Å². The number of fused-ring (bicyclic) bond motifs is 2. The van der Waals surface area contributed by atoms with Crippen LogP contribution in [0, 0.1) is 34.5 Å². The molecule has 0 aliphatic heterocycles. The number of hydrogen-bond acceptors (Lipinski definition) is 2. The third-order valence-electron chi connectivity index (χ3n) is 5.07. The molecular weight excluding hydrogens is 220 g/mol. The molecule has 2 nitrogen and oxygen atoms in total. The minimum Gasteiger partial charge on any atom is -0.306 e. The van der Waals surface area contributed by atoms with Gasteiger partial charge >= 0.3 is 0 Å². The summed E-state index contributed by atoms with van der Waals surface area (Å²) in [6, 6.07) is 2.39. The molecule has 3 atom stereocenters. The van der Waals surface area contributed by atoms with Crippen LogP contribution in [0.4, 0.5) is 0 Å². The second kappa shape index (κ2) is 5.61. The van der Waals surface area contributed by atoms with E-state index in [1.165, 1.54) is 32.2 Å². The van der Waals surface area contributed by atoms with Crippen molar-refractivity contribution in [1.82, 2.24) is 4.90 Å². The number of rotatable bonds is 6. The van der Waals surface area contributed by atoms with E-state index in [1.807, 2.05) is 13.8 Å². The van der Waals surface area contributed by atoms with E-state index in [-0.39, 0.29) is 5.41 Å². The topological polar surface area (TPSA) is 27.0 Å². The van der Waals surface area contributed by atoms with Gasteiger partial charge in [0.2, 0.25) is 0 Å². The van der Waals surface area contributed by atoms with Crippen molar-refractivity contribution >= 4 is 0 Å². The second-order valence-electron chi connectivity index (χ2n) is 7.30. The first kappa shape index (κ1) is 13.9. The average molecular weight is 248 g/mol. The Kier molecular flexibility index (Phi) is 4.33. The van der Waals surface area contributed by atoms with Crippen molar-refractivity contribution in [2.24, 2.45) is 23.2 Å². The lowest BCUT2D eigenvalue weighted by atomic mass is 9.88. The molecule has 102 valence electrons. The molecule has 0 aromatic rings. The van der Waals surface area contributed by atoms with Gasteiger partial charge in [0.1, 0.15) is 0 Å². The van der Waals surface area contributed by atoms with Gasteiger partial charge in [-0.2, -0.15) is 5.26 Å². The highest BCUT2D eigenvalue weighted by molar-refractivity contribution is 4.92. The van der Waals surface area contributed by atoms with Crippen LogP contribution >= 0.6 is 0 Å². The van der Waals surface area contributed by atoms with Crippen LogP contribution in [0.5, 0.6) is 0 Å². The molecule has 0 aromatic carbocycles. The van der Waals surface area contributed by atoms with E-state index in [0.717, 1.165) is 37.1 Å². The van der Waals surface area contributed by atoms with Gasteiger partial charge < -0.3 is 4.90 Å². The summed E-state index contributed by atoms with van der Waals surface area (Å²) in [6.07, 6.45) is 8.16. The van der Waals surface area contributed by atoms with Crippen molar-refractivity contribution in [3.05, 3.63) is 0 Å². The normalized spacial score (nSPS) is 30.9. The second-order valence-corrected chi connectivity index (χ2v) is 7.30. The predicted octanol–water partition coefficient (Wildman–Crippen LogP) is 3.68. The Bertz CT molecular complexity index is 316. The zero-order valence-corrected chi connectivity index (χ0v) is 12.3. The first-order valence-corrected chi connectivity index (χ1v) is 7.60. The van der Waals surface area contributed by atoms with Crippen LogP contribution in [-0.2, 0) is 0 Å². The summed E-state index contributed by atoms with van der Waals surface area (Å²) in [4.78, 5) is 2.50. The molecule has 0 saturated heterocycles. The molecule has 2 aliphatic rings. The van der Waals surface area contributed by atoms with Crippen LogP contribution < -0.4 is 0 Å². The molecule has 18 heavy (non-hydrogen) atoms. The molecule has 2 heteroatoms. The van der Waals surface area contributed by atoms with E-state index in [1.54, 1.807) is 0 Å². The lowest BCUT2D eigenvalue weighted by Gasteiger charge is -2.27. The van der Waals surface area contributed by atoms with Gasteiger partial charge in [-0.3, -0.25) is 0 Å². The maximum atomic E-state index is 9.00. The predicted molar refractivity (Wildman–Crippen MR) is 75.1 cm³/mol. The van der Waals surface area contributed by atoms with Crippen LogP contribution in [0.25, 0.3) is 0 Å². The van der Waals surface area contributed by atoms with Crippen molar-refractivity contribution < 1.29 is 0 Å². The highest BCUT2D eigenvalue weighted by atomic mass is 15.1. The summed E-state index contributed by atoms with van der Waals surface area (Å²) in [6.45, 7) is 6.53. The van der Waals surface area contributed by atoms with E-state index in [9.17, 15) is 0 Å². The Morgan fingerprint density at radius 1 is 1.28 bits per heavy atom. The molecule has 0 aromatic heterocycles. The minimum absolute atomic E-state index is 0.146. The van der Waals surface area contributed by atoms with E-state index in [0.29, 0.717) is 0 Å². The lowest BCUT2D eigenvalue weighted by Crippen LogP contribution is -2.30. The van der Waals surface area contributed by atoms with Crippen LogP contribution in [-0.4, -0.2) is 25.0 Å². The summed E-state index contributed by atoms with van der Waals surface area (Å²) in [7, 11) is 2.26. The summed E-state index contributed by atoms with van der Waals surface area (Å²) >= 11 is 0. The van der Waals surface area contributed by atoms with Gasteiger partial charge in [-0.15, -0.1) is 0 Å². The first-order chi connectivity index (χ1) is 8.50. The van der Waals surface area contributed by atoms with Gasteiger partial charge in [0, 0.05) is 6.54 Å². The molecule has 3 unspecified atom stereocenters. The number of nitrogens with zero attached hydrogens (tertiary/aromatic N) is 2. The van der Waals surface area contributed by atoms with Gasteiger partial charge in [0.15, 0.2) is 0 Å². The van der Waals surface area contributed by atoms with Gasteiger partial charge in [0.05, 0.1) is 11.5 Å². The number of nitriles is 1. The highest BCUT2D eigenvalue weighted by Gasteiger charge is 2.39. The third kappa shape index (κ3) is 3.48. The average Bonchev–Trinajstić information content (AvgIpc) is 2.90. The molecular formula is C16H28N2. The van der Waals surface area contributed by atoms with E-state index in [2.05, 4.69) is 18.0 Å². The molecule has 2 saturated carbocycles. The quantitative estimate of drug-likeness (QED) is 0.717. The highest BCUT2D eigenvalue weighted by Crippen LogP contribution is 2.48. The van der Waals surface area contributed by atoms with Crippen LogP contribution in [0.2, 0.25) is 0 Å².